The number of carbonyl (C=O) groups is 1. The van der Waals surface area contributed by atoms with Gasteiger partial charge < -0.3 is 9.84 Å². The molecule has 3 heterocycles. The number of hydrogen-bond acceptors (Lipinski definition) is 5. The Balaban J connectivity index is 0.000000289. The molecule has 0 saturated heterocycles. The Bertz CT molecular complexity index is 2050. The number of aliphatic hydroxyl groups is 1. The Hall–Kier alpha value is -3.31. The van der Waals surface area contributed by atoms with Gasteiger partial charge in [-0.05, 0) is 62.7 Å². The van der Waals surface area contributed by atoms with Crippen LogP contribution in [0.5, 0.6) is 0 Å². The van der Waals surface area contributed by atoms with Crippen LogP contribution in [0.4, 0.5) is 0 Å². The van der Waals surface area contributed by atoms with Gasteiger partial charge in [-0.1, -0.05) is 116 Å². The van der Waals surface area contributed by atoms with Crippen LogP contribution in [0.15, 0.2) is 78.6 Å². The number of fused-ring (bicyclic) bond motifs is 3. The quantitative estimate of drug-likeness (QED) is 0.103. The third-order valence-corrected chi connectivity index (χ3v) is 12.7. The summed E-state index contributed by atoms with van der Waals surface area (Å²) in [5.74, 6) is 1.53. The van der Waals surface area contributed by atoms with Gasteiger partial charge in [-0.25, -0.2) is 0 Å². The van der Waals surface area contributed by atoms with Crippen LogP contribution < -0.4 is 0 Å². The molecule has 0 saturated carbocycles. The summed E-state index contributed by atoms with van der Waals surface area (Å²) in [6, 6.07) is 16.7. The number of allylic oxidation sites excluding steroid dienone is 4. The largest absolute Gasteiger partial charge is 0.512 e. The van der Waals surface area contributed by atoms with Crippen molar-refractivity contribution in [2.45, 2.75) is 113 Å². The predicted molar refractivity (Wildman–Crippen MR) is 217 cm³/mol. The Morgan fingerprint density at radius 2 is 1.58 bits per heavy atom. The first-order valence-corrected chi connectivity index (χ1v) is 19.5. The SMILES string of the molecule is CCC(C)(CC)C(=O)/C=C(\O)C(C)(CC)CC.Cc1sc2nc(-c3[c-]c4ccccc4c(C(C)(C)C)c3)cc(C3=CC4C=CC=CC4O3)c2c1C.[Ir]. The molecule has 2 aromatic carbocycles. The molecule has 1 aliphatic heterocycles. The van der Waals surface area contributed by atoms with Gasteiger partial charge in [-0.3, -0.25) is 9.78 Å². The van der Waals surface area contributed by atoms with Gasteiger partial charge in [0.25, 0.3) is 0 Å². The number of ketones is 1. The van der Waals surface area contributed by atoms with Crippen molar-refractivity contribution in [3.8, 4) is 11.3 Å². The molecule has 2 aliphatic rings. The summed E-state index contributed by atoms with van der Waals surface area (Å²) in [6.45, 7) is 23.3. The number of pyridine rings is 1. The molecule has 279 valence electrons. The molecule has 0 bridgehead atoms. The van der Waals surface area contributed by atoms with E-state index in [-0.39, 0.29) is 59.9 Å². The van der Waals surface area contributed by atoms with Crippen molar-refractivity contribution in [1.82, 2.24) is 4.98 Å². The standard InChI is InChI=1S/C31H28NOS.C15H28O2.Ir/c1-18-19(2)34-30-29(18)24(28-16-21-11-7-9-13-27(21)33-28)17-26(32-30)22-14-20-10-6-8-12-23(20)25(15-22)31(3,4)5;1-7-14(5,8-2)12(16)11-13(17)15(6,9-3)10-4;/h6-13,15-17,21,27H,1-5H3;11,16H,7-10H2,1-6H3;/q-1;;/b;12-11-;. The molecule has 0 amide bonds. The van der Waals surface area contributed by atoms with E-state index >= 15 is 0 Å². The predicted octanol–water partition coefficient (Wildman–Crippen LogP) is 13.0. The van der Waals surface area contributed by atoms with Crippen molar-refractivity contribution >= 4 is 43.9 Å². The van der Waals surface area contributed by atoms with E-state index in [1.165, 1.54) is 32.9 Å². The van der Waals surface area contributed by atoms with Crippen molar-refractivity contribution in [2.24, 2.45) is 16.7 Å². The average Bonchev–Trinajstić information content (AvgIpc) is 3.69. The van der Waals surface area contributed by atoms with Gasteiger partial charge in [0.1, 0.15) is 22.5 Å². The summed E-state index contributed by atoms with van der Waals surface area (Å²) in [4.78, 5) is 19.7. The first kappa shape index (κ1) is 41.4. The molecule has 4 nitrogen and oxygen atoms in total. The van der Waals surface area contributed by atoms with Gasteiger partial charge in [0.15, 0.2) is 5.78 Å². The van der Waals surface area contributed by atoms with Gasteiger partial charge in [0.2, 0.25) is 0 Å². The molecule has 1 radical (unpaired) electrons. The van der Waals surface area contributed by atoms with Crippen LogP contribution in [0.25, 0.3) is 38.0 Å². The van der Waals surface area contributed by atoms with Crippen LogP contribution >= 0.6 is 11.3 Å². The number of carbonyl (C=O) groups excluding carboxylic acids is 1. The molecule has 6 rings (SSSR count). The molecule has 0 spiro atoms. The zero-order chi connectivity index (χ0) is 37.3. The Morgan fingerprint density at radius 1 is 0.942 bits per heavy atom. The summed E-state index contributed by atoms with van der Waals surface area (Å²) in [6.07, 6.45) is 15.6. The number of aliphatic hydroxyl groups excluding tert-OH is 1. The van der Waals surface area contributed by atoms with Crippen molar-refractivity contribution in [3.63, 3.8) is 0 Å². The van der Waals surface area contributed by atoms with Crippen molar-refractivity contribution in [3.05, 3.63) is 106 Å². The van der Waals surface area contributed by atoms with Crippen molar-refractivity contribution < 1.29 is 34.7 Å². The number of nitrogens with zero attached hydrogens (tertiary/aromatic N) is 1. The van der Waals surface area contributed by atoms with Gasteiger partial charge >= 0.3 is 0 Å². The third kappa shape index (κ3) is 8.25. The van der Waals surface area contributed by atoms with Gasteiger partial charge in [-0.2, -0.15) is 0 Å². The summed E-state index contributed by atoms with van der Waals surface area (Å²) < 4.78 is 6.45. The number of ether oxygens (including phenoxy) is 1. The Kier molecular flexibility index (Phi) is 13.0. The minimum atomic E-state index is -0.337. The molecular weight excluding hydrogens is 839 g/mol. The summed E-state index contributed by atoms with van der Waals surface area (Å²) >= 11 is 1.76. The molecule has 6 heteroatoms. The monoisotopic (exact) mass is 895 g/mol. The molecule has 2 unspecified atom stereocenters. The molecule has 2 atom stereocenters. The van der Waals surface area contributed by atoms with Gasteiger partial charge in [-0.15, -0.1) is 40.5 Å². The molecule has 2 aromatic heterocycles. The second-order valence-electron chi connectivity index (χ2n) is 15.8. The zero-order valence-corrected chi connectivity index (χ0v) is 36.1. The van der Waals surface area contributed by atoms with Crippen LogP contribution in [-0.2, 0) is 35.1 Å². The molecular formula is C46H56IrNO3S-. The van der Waals surface area contributed by atoms with Crippen molar-refractivity contribution in [2.75, 3.05) is 0 Å². The first-order chi connectivity index (χ1) is 24.1. The maximum Gasteiger partial charge on any atom is 0.164 e. The van der Waals surface area contributed by atoms with E-state index in [9.17, 15) is 9.90 Å². The number of thiophene rings is 1. The number of rotatable bonds is 9. The fraction of sp³-hybridized carbons (Fsp3) is 0.435. The number of aromatic nitrogens is 1. The van der Waals surface area contributed by atoms with E-state index in [0.717, 1.165) is 58.5 Å². The summed E-state index contributed by atoms with van der Waals surface area (Å²) in [7, 11) is 0. The minimum Gasteiger partial charge on any atom is -0.512 e. The second kappa shape index (κ2) is 16.4. The van der Waals surface area contributed by atoms with Crippen molar-refractivity contribution in [1.29, 1.82) is 0 Å². The van der Waals surface area contributed by atoms with E-state index in [1.54, 1.807) is 11.3 Å². The number of hydrogen-bond donors (Lipinski definition) is 1. The molecule has 1 aliphatic carbocycles. The smallest absolute Gasteiger partial charge is 0.164 e. The van der Waals surface area contributed by atoms with Crippen LogP contribution in [0.2, 0.25) is 0 Å². The maximum absolute atomic E-state index is 12.2. The minimum absolute atomic E-state index is 0. The van der Waals surface area contributed by atoms with Gasteiger partial charge in [0.05, 0.1) is 0 Å². The Morgan fingerprint density at radius 3 is 2.19 bits per heavy atom. The van der Waals surface area contributed by atoms with Crippen LogP contribution in [0.3, 0.4) is 0 Å². The van der Waals surface area contributed by atoms with E-state index < -0.39 is 0 Å². The van der Waals surface area contributed by atoms with E-state index in [1.807, 2.05) is 41.5 Å². The molecule has 1 N–H and O–H groups in total. The average molecular weight is 895 g/mol. The summed E-state index contributed by atoms with van der Waals surface area (Å²) in [5.41, 5.74) is 5.13. The van der Waals surface area contributed by atoms with Gasteiger partial charge in [0, 0.05) is 64.5 Å². The first-order valence-electron chi connectivity index (χ1n) is 18.6. The Labute approximate surface area is 329 Å². The van der Waals surface area contributed by atoms with Crippen LogP contribution in [-0.4, -0.2) is 22.0 Å². The molecule has 4 aromatic rings. The normalized spacial score (nSPS) is 17.3. The molecule has 52 heavy (non-hydrogen) atoms. The van der Waals surface area contributed by atoms with E-state index in [0.29, 0.717) is 0 Å². The fourth-order valence-corrected chi connectivity index (χ4v) is 7.80. The fourth-order valence-electron chi connectivity index (χ4n) is 6.75. The third-order valence-electron chi connectivity index (χ3n) is 11.6. The number of aryl methyl sites for hydroxylation is 2. The van der Waals surface area contributed by atoms with Crippen LogP contribution in [0, 0.1) is 36.7 Å². The molecule has 0 fully saturated rings. The van der Waals surface area contributed by atoms with E-state index in [2.05, 4.69) is 107 Å². The second-order valence-corrected chi connectivity index (χ2v) is 17.0. The number of benzene rings is 2. The van der Waals surface area contributed by atoms with Crippen LogP contribution in [0.1, 0.15) is 110 Å². The van der Waals surface area contributed by atoms with E-state index in [4.69, 9.17) is 9.72 Å². The topological polar surface area (TPSA) is 59.4 Å². The summed E-state index contributed by atoms with van der Waals surface area (Å²) in [5, 5.41) is 13.7. The zero-order valence-electron chi connectivity index (χ0n) is 32.9. The maximum atomic E-state index is 12.2.